The molecule has 0 aromatic heterocycles. The molecule has 0 radical (unpaired) electrons. The van der Waals surface area contributed by atoms with Gasteiger partial charge in [-0.15, -0.1) is 0 Å². The molecule has 2 aromatic rings. The smallest absolute Gasteiger partial charge is 0.365 e. The van der Waals surface area contributed by atoms with Crippen LogP contribution in [-0.2, 0) is 28.7 Å². The molecule has 2 fully saturated rings. The fourth-order valence-corrected chi connectivity index (χ4v) is 5.80. The number of halogens is 3. The van der Waals surface area contributed by atoms with E-state index in [4.69, 9.17) is 0 Å². The third-order valence-corrected chi connectivity index (χ3v) is 7.73. The van der Waals surface area contributed by atoms with E-state index in [2.05, 4.69) is 21.9 Å². The summed E-state index contributed by atoms with van der Waals surface area (Å²) in [6.45, 7) is 6.24. The average Bonchev–Trinajstić information content (AvgIpc) is 2.87. The van der Waals surface area contributed by atoms with Crippen LogP contribution in [0.2, 0.25) is 0 Å². The highest BCUT2D eigenvalue weighted by Gasteiger charge is 2.44. The van der Waals surface area contributed by atoms with Crippen molar-refractivity contribution >= 4 is 17.5 Å². The van der Waals surface area contributed by atoms with Gasteiger partial charge in [0.1, 0.15) is 0 Å². The number of anilines is 1. The molecular formula is C27H31F3N4O2. The van der Waals surface area contributed by atoms with Crippen LogP contribution in [0.15, 0.2) is 48.5 Å². The predicted molar refractivity (Wildman–Crippen MR) is 130 cm³/mol. The molecule has 2 unspecified atom stereocenters. The SMILES string of the molecule is CC(=O)N1CCN(C(=O)C2Cc3cc(C(F)(F)F)ccc3N3CCN(Cc4ccccc4)CC23)CC1. The van der Waals surface area contributed by atoms with Crippen molar-refractivity contribution in [3.63, 3.8) is 0 Å². The van der Waals surface area contributed by atoms with E-state index >= 15 is 0 Å². The van der Waals surface area contributed by atoms with Gasteiger partial charge in [-0.1, -0.05) is 30.3 Å². The minimum atomic E-state index is -4.43. The highest BCUT2D eigenvalue weighted by atomic mass is 19.4. The first-order chi connectivity index (χ1) is 17.2. The molecule has 0 N–H and O–H groups in total. The summed E-state index contributed by atoms with van der Waals surface area (Å²) in [6, 6.07) is 14.0. The second-order valence-corrected chi connectivity index (χ2v) is 9.96. The lowest BCUT2D eigenvalue weighted by atomic mass is 9.82. The van der Waals surface area contributed by atoms with Gasteiger partial charge in [-0.25, -0.2) is 0 Å². The zero-order chi connectivity index (χ0) is 25.4. The van der Waals surface area contributed by atoms with Gasteiger partial charge < -0.3 is 14.7 Å². The van der Waals surface area contributed by atoms with Crippen LogP contribution >= 0.6 is 0 Å². The van der Waals surface area contributed by atoms with E-state index in [1.165, 1.54) is 18.6 Å². The first-order valence-electron chi connectivity index (χ1n) is 12.5. The summed E-state index contributed by atoms with van der Waals surface area (Å²) in [4.78, 5) is 33.5. The molecule has 0 saturated carbocycles. The number of fused-ring (bicyclic) bond motifs is 3. The van der Waals surface area contributed by atoms with Gasteiger partial charge >= 0.3 is 6.18 Å². The third-order valence-electron chi connectivity index (χ3n) is 7.73. The van der Waals surface area contributed by atoms with Gasteiger partial charge in [-0.2, -0.15) is 13.2 Å². The maximum Gasteiger partial charge on any atom is 0.416 e. The Labute approximate surface area is 209 Å². The minimum absolute atomic E-state index is 0.0108. The molecule has 3 aliphatic heterocycles. The minimum Gasteiger partial charge on any atom is -0.365 e. The second kappa shape index (κ2) is 9.76. The standard InChI is InChI=1S/C27H31F3N4O2/c1-19(35)32-10-12-33(13-11-32)26(36)23-16-21-15-22(27(28,29)30)7-8-24(21)34-14-9-31(18-25(23)34)17-20-5-3-2-4-6-20/h2-8,15,23,25H,9-14,16-18H2,1H3. The van der Waals surface area contributed by atoms with Gasteiger partial charge in [0.2, 0.25) is 11.8 Å². The molecule has 192 valence electrons. The Balaban J connectivity index is 1.41. The summed E-state index contributed by atoms with van der Waals surface area (Å²) >= 11 is 0. The van der Waals surface area contributed by atoms with Crippen molar-refractivity contribution < 1.29 is 22.8 Å². The van der Waals surface area contributed by atoms with Crippen LogP contribution in [0, 0.1) is 5.92 Å². The van der Waals surface area contributed by atoms with E-state index in [-0.39, 0.29) is 24.3 Å². The number of carbonyl (C=O) groups is 2. The largest absolute Gasteiger partial charge is 0.416 e. The zero-order valence-electron chi connectivity index (χ0n) is 20.4. The van der Waals surface area contributed by atoms with Crippen molar-refractivity contribution in [2.45, 2.75) is 32.1 Å². The number of alkyl halides is 3. The molecule has 3 heterocycles. The zero-order valence-corrected chi connectivity index (χ0v) is 20.4. The summed E-state index contributed by atoms with van der Waals surface area (Å²) in [5.74, 6) is -0.482. The van der Waals surface area contributed by atoms with Crippen molar-refractivity contribution in [2.24, 2.45) is 5.92 Å². The van der Waals surface area contributed by atoms with Gasteiger partial charge in [-0.05, 0) is 35.7 Å². The Kier molecular flexibility index (Phi) is 6.68. The molecule has 0 spiro atoms. The quantitative estimate of drug-likeness (QED) is 0.649. The summed E-state index contributed by atoms with van der Waals surface area (Å²) < 4.78 is 40.4. The molecule has 36 heavy (non-hydrogen) atoms. The molecule has 2 aromatic carbocycles. The number of amides is 2. The van der Waals surface area contributed by atoms with Gasteiger partial charge in [-0.3, -0.25) is 14.5 Å². The Morgan fingerprint density at radius 3 is 2.28 bits per heavy atom. The lowest BCUT2D eigenvalue weighted by molar-refractivity contribution is -0.142. The number of rotatable bonds is 3. The van der Waals surface area contributed by atoms with E-state index in [9.17, 15) is 22.8 Å². The molecule has 9 heteroatoms. The van der Waals surface area contributed by atoms with Gasteiger partial charge in [0.25, 0.3) is 0 Å². The van der Waals surface area contributed by atoms with E-state index in [0.717, 1.165) is 24.8 Å². The number of hydrogen-bond acceptors (Lipinski definition) is 4. The fourth-order valence-electron chi connectivity index (χ4n) is 5.80. The molecule has 2 atom stereocenters. The molecule has 0 bridgehead atoms. The van der Waals surface area contributed by atoms with Crippen molar-refractivity contribution in [1.82, 2.24) is 14.7 Å². The predicted octanol–water partition coefficient (Wildman–Crippen LogP) is 3.26. The Morgan fingerprint density at radius 1 is 0.917 bits per heavy atom. The second-order valence-electron chi connectivity index (χ2n) is 9.96. The summed E-state index contributed by atoms with van der Waals surface area (Å²) in [6.07, 6.45) is -4.14. The van der Waals surface area contributed by atoms with E-state index in [1.54, 1.807) is 15.9 Å². The monoisotopic (exact) mass is 500 g/mol. The first-order valence-corrected chi connectivity index (χ1v) is 12.5. The summed E-state index contributed by atoms with van der Waals surface area (Å²) in [5, 5.41) is 0. The van der Waals surface area contributed by atoms with Crippen molar-refractivity contribution in [3.05, 3.63) is 65.2 Å². The fraction of sp³-hybridized carbons (Fsp3) is 0.481. The molecule has 5 rings (SSSR count). The number of nitrogens with zero attached hydrogens (tertiary/aromatic N) is 4. The number of hydrogen-bond donors (Lipinski definition) is 0. The highest BCUT2D eigenvalue weighted by molar-refractivity contribution is 5.83. The van der Waals surface area contributed by atoms with E-state index in [0.29, 0.717) is 44.8 Å². The van der Waals surface area contributed by atoms with Gasteiger partial charge in [0.15, 0.2) is 0 Å². The molecule has 3 aliphatic rings. The topological polar surface area (TPSA) is 47.1 Å². The van der Waals surface area contributed by atoms with Crippen LogP contribution in [-0.4, -0.2) is 78.4 Å². The third kappa shape index (κ3) is 4.93. The van der Waals surface area contributed by atoms with E-state index < -0.39 is 17.7 Å². The summed E-state index contributed by atoms with van der Waals surface area (Å²) in [5.41, 5.74) is 1.90. The van der Waals surface area contributed by atoms with Gasteiger partial charge in [0.05, 0.1) is 17.5 Å². The van der Waals surface area contributed by atoms with Crippen molar-refractivity contribution in [1.29, 1.82) is 0 Å². The molecule has 0 aliphatic carbocycles. The maximum absolute atomic E-state index is 13.8. The van der Waals surface area contributed by atoms with Crippen LogP contribution < -0.4 is 4.90 Å². The van der Waals surface area contributed by atoms with E-state index in [1.807, 2.05) is 18.2 Å². The molecule has 2 amide bonds. The summed E-state index contributed by atoms with van der Waals surface area (Å²) in [7, 11) is 0. The Morgan fingerprint density at radius 2 is 1.61 bits per heavy atom. The number of carbonyl (C=O) groups excluding carboxylic acids is 2. The highest BCUT2D eigenvalue weighted by Crippen LogP contribution is 2.40. The number of benzene rings is 2. The normalized spacial score (nSPS) is 22.7. The van der Waals surface area contributed by atoms with Gasteiger partial charge in [0, 0.05) is 65.0 Å². The lowest BCUT2D eigenvalue weighted by Crippen LogP contribution is -2.62. The van der Waals surface area contributed by atoms with Crippen LogP contribution in [0.25, 0.3) is 0 Å². The maximum atomic E-state index is 13.8. The van der Waals surface area contributed by atoms with Crippen LogP contribution in [0.1, 0.15) is 23.6 Å². The van der Waals surface area contributed by atoms with Crippen LogP contribution in [0.4, 0.5) is 18.9 Å². The first kappa shape index (κ1) is 24.6. The van der Waals surface area contributed by atoms with Crippen LogP contribution in [0.3, 0.4) is 0 Å². The van der Waals surface area contributed by atoms with Crippen molar-refractivity contribution in [3.8, 4) is 0 Å². The Bertz CT molecular complexity index is 1120. The average molecular weight is 501 g/mol. The molecule has 2 saturated heterocycles. The Hall–Kier alpha value is -3.07. The van der Waals surface area contributed by atoms with Crippen LogP contribution in [0.5, 0.6) is 0 Å². The number of piperazine rings is 2. The molecular weight excluding hydrogens is 469 g/mol. The van der Waals surface area contributed by atoms with Crippen molar-refractivity contribution in [2.75, 3.05) is 50.7 Å². The molecule has 6 nitrogen and oxygen atoms in total. The lowest BCUT2D eigenvalue weighted by Gasteiger charge is -2.50.